The lowest BCUT2D eigenvalue weighted by Crippen LogP contribution is -2.39. The van der Waals surface area contributed by atoms with Gasteiger partial charge < -0.3 is 4.74 Å². The molecule has 0 fully saturated rings. The highest BCUT2D eigenvalue weighted by Crippen LogP contribution is 2.57. The number of esters is 1. The van der Waals surface area contributed by atoms with Crippen molar-refractivity contribution in [3.8, 4) is 22.3 Å². The van der Waals surface area contributed by atoms with Gasteiger partial charge in [-0.2, -0.15) is 13.2 Å². The molecule has 0 bridgehead atoms. The Balaban J connectivity index is 1.37. The zero-order chi connectivity index (χ0) is 31.9. The first-order chi connectivity index (χ1) is 21.3. The van der Waals surface area contributed by atoms with Gasteiger partial charge in [0.1, 0.15) is 5.41 Å². The predicted octanol–water partition coefficient (Wildman–Crippen LogP) is 10.7. The highest BCUT2D eigenvalue weighted by Gasteiger charge is 2.58. The molecule has 1 aliphatic carbocycles. The second kappa shape index (κ2) is 9.93. The van der Waals surface area contributed by atoms with Gasteiger partial charge in [-0.3, -0.25) is 0 Å². The summed E-state index contributed by atoms with van der Waals surface area (Å²) in [6.45, 7) is 11.4. The van der Waals surface area contributed by atoms with E-state index in [1.54, 1.807) is 18.2 Å². The van der Waals surface area contributed by atoms with Crippen molar-refractivity contribution in [1.82, 2.24) is 0 Å². The van der Waals surface area contributed by atoms with Crippen LogP contribution in [0.4, 0.5) is 13.2 Å². The minimum absolute atomic E-state index is 0.00182. The summed E-state index contributed by atoms with van der Waals surface area (Å²) in [5.74, 6) is -0.558. The van der Waals surface area contributed by atoms with Crippen LogP contribution in [0.25, 0.3) is 54.6 Å². The first-order valence-corrected chi connectivity index (χ1v) is 15.2. The molecule has 2 nitrogen and oxygen atoms in total. The summed E-state index contributed by atoms with van der Waals surface area (Å²) in [4.78, 5) is 11.5. The van der Waals surface area contributed by atoms with E-state index in [0.29, 0.717) is 23.1 Å². The Morgan fingerprint density at radius 2 is 1.38 bits per heavy atom. The summed E-state index contributed by atoms with van der Waals surface area (Å²) in [5, 5.41) is 6.77. The summed E-state index contributed by atoms with van der Waals surface area (Å²) >= 11 is 0. The molecule has 0 aromatic heterocycles. The fourth-order valence-corrected chi connectivity index (χ4v) is 7.04. The van der Waals surface area contributed by atoms with Gasteiger partial charge >= 0.3 is 12.1 Å². The number of carbonyl (C=O) groups is 1. The van der Waals surface area contributed by atoms with E-state index in [9.17, 15) is 4.79 Å². The van der Waals surface area contributed by atoms with Crippen LogP contribution >= 0.6 is 0 Å². The molecule has 1 aliphatic rings. The lowest BCUT2D eigenvalue weighted by Gasteiger charge is -2.30. The molecule has 0 aliphatic heterocycles. The van der Waals surface area contributed by atoms with Crippen LogP contribution in [-0.4, -0.2) is 18.8 Å². The van der Waals surface area contributed by atoms with Gasteiger partial charge in [0.25, 0.3) is 0 Å². The average molecular weight is 603 g/mol. The standard InChI is InChI=1S/C40H33F3O2/c1-6-35(44)45-18-17-23-7-13-30-31-15-11-25(22-34(31)39(5,33(30)19-23)40(41,42)43)29-14-10-24-8-9-26-20-28(38(2,3)4)21-27-12-16-32(29)37(24)36(26)27/h6-16,19-22H,1,17-18H2,2-5H3. The number of hydrogen-bond acceptors (Lipinski definition) is 2. The topological polar surface area (TPSA) is 26.3 Å². The summed E-state index contributed by atoms with van der Waals surface area (Å²) in [6, 6.07) is 27.9. The first kappa shape index (κ1) is 29.1. The Hall–Kier alpha value is -4.64. The third-order valence-electron chi connectivity index (χ3n) is 9.62. The number of fused-ring (bicyclic) bond motifs is 3. The Labute approximate surface area is 260 Å². The van der Waals surface area contributed by atoms with E-state index in [4.69, 9.17) is 4.74 Å². The van der Waals surface area contributed by atoms with Crippen molar-refractivity contribution in [3.05, 3.63) is 120 Å². The smallest absolute Gasteiger partial charge is 0.402 e. The molecule has 5 heteroatoms. The van der Waals surface area contributed by atoms with Crippen LogP contribution < -0.4 is 0 Å². The summed E-state index contributed by atoms with van der Waals surface area (Å²) < 4.78 is 50.5. The Kier molecular flexibility index (Phi) is 6.42. The largest absolute Gasteiger partial charge is 0.462 e. The summed E-state index contributed by atoms with van der Waals surface area (Å²) in [7, 11) is 0. The van der Waals surface area contributed by atoms with Crippen LogP contribution in [0.1, 0.15) is 49.9 Å². The van der Waals surface area contributed by atoms with Crippen LogP contribution in [0.15, 0.2) is 97.6 Å². The lowest BCUT2D eigenvalue weighted by molar-refractivity contribution is -0.172. The molecule has 7 rings (SSSR count). The van der Waals surface area contributed by atoms with Gasteiger partial charge in [0.2, 0.25) is 0 Å². The molecule has 45 heavy (non-hydrogen) atoms. The molecule has 6 aromatic carbocycles. The normalized spacial score (nSPS) is 16.3. The zero-order valence-corrected chi connectivity index (χ0v) is 25.7. The number of carbonyl (C=O) groups excluding carboxylic acids is 1. The molecular weight excluding hydrogens is 569 g/mol. The molecule has 0 saturated heterocycles. The predicted molar refractivity (Wildman–Crippen MR) is 177 cm³/mol. The van der Waals surface area contributed by atoms with Crippen LogP contribution in [0, 0.1) is 0 Å². The number of halogens is 3. The molecule has 0 N–H and O–H groups in total. The van der Waals surface area contributed by atoms with E-state index >= 15 is 13.2 Å². The maximum absolute atomic E-state index is 15.1. The van der Waals surface area contributed by atoms with Gasteiger partial charge in [0.05, 0.1) is 6.61 Å². The van der Waals surface area contributed by atoms with Crippen molar-refractivity contribution >= 4 is 38.3 Å². The monoisotopic (exact) mass is 602 g/mol. The number of alkyl halides is 3. The SMILES string of the molecule is C=CC(=O)OCCc1ccc2c(c1)C(C)(C(F)(F)F)c1cc(-c3ccc4ccc5cc(C(C)(C)C)cc6ccc3c4c56)ccc1-2. The van der Waals surface area contributed by atoms with E-state index in [-0.39, 0.29) is 23.1 Å². The van der Waals surface area contributed by atoms with E-state index in [1.165, 1.54) is 17.9 Å². The highest BCUT2D eigenvalue weighted by molar-refractivity contribution is 6.25. The van der Waals surface area contributed by atoms with Crippen molar-refractivity contribution in [2.45, 2.75) is 51.1 Å². The Morgan fingerprint density at radius 1 is 0.778 bits per heavy atom. The number of ether oxygens (including phenoxy) is 1. The highest BCUT2D eigenvalue weighted by atomic mass is 19.4. The molecule has 1 unspecified atom stereocenters. The number of benzene rings is 6. The second-order valence-electron chi connectivity index (χ2n) is 13.3. The van der Waals surface area contributed by atoms with Gasteiger partial charge in [0, 0.05) is 12.5 Å². The van der Waals surface area contributed by atoms with Crippen LogP contribution in [0.2, 0.25) is 0 Å². The van der Waals surface area contributed by atoms with E-state index in [0.717, 1.165) is 44.1 Å². The van der Waals surface area contributed by atoms with E-state index in [1.807, 2.05) is 24.3 Å². The quantitative estimate of drug-likeness (QED) is 0.111. The van der Waals surface area contributed by atoms with Gasteiger partial charge in [-0.15, -0.1) is 0 Å². The number of rotatable bonds is 5. The minimum Gasteiger partial charge on any atom is -0.462 e. The number of hydrogen-bond donors (Lipinski definition) is 0. The maximum atomic E-state index is 15.1. The summed E-state index contributed by atoms with van der Waals surface area (Å²) in [5.41, 5.74) is 3.04. The minimum atomic E-state index is -4.53. The molecule has 0 saturated carbocycles. The third kappa shape index (κ3) is 4.43. The fraction of sp³-hybridized carbons (Fsp3) is 0.225. The van der Waals surface area contributed by atoms with Crippen molar-refractivity contribution in [1.29, 1.82) is 0 Å². The van der Waals surface area contributed by atoms with Gasteiger partial charge in [0.15, 0.2) is 0 Å². The third-order valence-corrected chi connectivity index (χ3v) is 9.62. The molecule has 0 radical (unpaired) electrons. The molecule has 0 amide bonds. The molecule has 6 aromatic rings. The zero-order valence-electron chi connectivity index (χ0n) is 25.7. The molecule has 0 heterocycles. The van der Waals surface area contributed by atoms with Crippen LogP contribution in [-0.2, 0) is 26.8 Å². The van der Waals surface area contributed by atoms with Crippen molar-refractivity contribution in [3.63, 3.8) is 0 Å². The Bertz CT molecular complexity index is 2150. The molecule has 226 valence electrons. The second-order valence-corrected chi connectivity index (χ2v) is 13.3. The van der Waals surface area contributed by atoms with Crippen LogP contribution in [0.5, 0.6) is 0 Å². The van der Waals surface area contributed by atoms with Crippen molar-refractivity contribution in [2.75, 3.05) is 6.61 Å². The maximum Gasteiger partial charge on any atom is 0.402 e. The average Bonchev–Trinajstić information content (AvgIpc) is 3.27. The first-order valence-electron chi connectivity index (χ1n) is 15.2. The Morgan fingerprint density at radius 3 is 2.04 bits per heavy atom. The lowest BCUT2D eigenvalue weighted by atomic mass is 9.78. The van der Waals surface area contributed by atoms with E-state index in [2.05, 4.69) is 69.8 Å². The van der Waals surface area contributed by atoms with Crippen molar-refractivity contribution < 1.29 is 22.7 Å². The van der Waals surface area contributed by atoms with Gasteiger partial charge in [-0.25, -0.2) is 4.79 Å². The molecule has 0 spiro atoms. The molecule has 1 atom stereocenters. The fourth-order valence-electron chi connectivity index (χ4n) is 7.04. The van der Waals surface area contributed by atoms with Crippen molar-refractivity contribution in [2.24, 2.45) is 0 Å². The van der Waals surface area contributed by atoms with Gasteiger partial charge in [-0.1, -0.05) is 106 Å². The van der Waals surface area contributed by atoms with Gasteiger partial charge in [-0.05, 0) is 95.2 Å². The van der Waals surface area contributed by atoms with Crippen LogP contribution in [0.3, 0.4) is 0 Å². The summed E-state index contributed by atoms with van der Waals surface area (Å²) in [6.07, 6.45) is -3.16. The molecular formula is C40H33F3O2. The van der Waals surface area contributed by atoms with E-state index < -0.39 is 17.6 Å².